The number of rotatable bonds is 16. The maximum Gasteiger partial charge on any atom is 0.332 e. The van der Waals surface area contributed by atoms with Crippen LogP contribution in [0.5, 0.6) is 11.6 Å². The van der Waals surface area contributed by atoms with Gasteiger partial charge in [0.05, 0.1) is 48.1 Å². The molecule has 282 valence electrons. The number of methoxy groups -OCH3 is 1. The topological polar surface area (TPSA) is 182 Å². The molecular weight excluding hydrogens is 697 g/mol. The average molecular weight is 745 g/mol. The standard InChI is InChI=1S/C39H48N6O7S/c1-25(2)21-43(53(50,51)32-16-14-31(52-5)15-17-32)23-35(46)34(19-27-9-7-6-8-10-27)42-38(48)37(26(3)4)45-24-36(47)44(39(45)49)22-30-13-11-28-20-29(40)12-18-33(28)41-30/h6-18,20,24-26,34-35,37,46-47H,19,21-23,40H2,1-5H3,(H,42,48)/t34-,35+,37-/m0/s1. The second kappa shape index (κ2) is 16.7. The Hall–Kier alpha value is -5.18. The molecule has 0 aliphatic rings. The fourth-order valence-electron chi connectivity index (χ4n) is 6.35. The Morgan fingerprint density at radius 2 is 1.68 bits per heavy atom. The molecule has 14 heteroatoms. The van der Waals surface area contributed by atoms with Gasteiger partial charge in [0.15, 0.2) is 0 Å². The van der Waals surface area contributed by atoms with Gasteiger partial charge in [0, 0.05) is 24.2 Å². The molecule has 53 heavy (non-hydrogen) atoms. The van der Waals surface area contributed by atoms with Crippen LogP contribution in [0.4, 0.5) is 5.69 Å². The van der Waals surface area contributed by atoms with Gasteiger partial charge >= 0.3 is 5.69 Å². The number of sulfonamides is 1. The normalized spacial score (nSPS) is 13.8. The van der Waals surface area contributed by atoms with Crippen LogP contribution >= 0.6 is 0 Å². The van der Waals surface area contributed by atoms with Crippen LogP contribution in [0.25, 0.3) is 10.9 Å². The summed E-state index contributed by atoms with van der Waals surface area (Å²) in [5.41, 5.74) is 7.86. The lowest BCUT2D eigenvalue weighted by Crippen LogP contribution is -2.53. The third kappa shape index (κ3) is 9.25. The van der Waals surface area contributed by atoms with Gasteiger partial charge in [-0.2, -0.15) is 4.31 Å². The molecule has 0 aliphatic carbocycles. The Kier molecular flexibility index (Phi) is 12.3. The molecule has 13 nitrogen and oxygen atoms in total. The largest absolute Gasteiger partial charge is 0.497 e. The molecule has 0 saturated heterocycles. The monoisotopic (exact) mass is 744 g/mol. The summed E-state index contributed by atoms with van der Waals surface area (Å²) < 4.78 is 36.5. The van der Waals surface area contributed by atoms with Gasteiger partial charge in [-0.15, -0.1) is 0 Å². The first-order chi connectivity index (χ1) is 25.2. The number of aliphatic hydroxyl groups excluding tert-OH is 1. The first-order valence-electron chi connectivity index (χ1n) is 17.5. The number of hydrogen-bond acceptors (Lipinski definition) is 9. The summed E-state index contributed by atoms with van der Waals surface area (Å²) in [4.78, 5) is 32.7. The van der Waals surface area contributed by atoms with E-state index >= 15 is 0 Å². The highest BCUT2D eigenvalue weighted by molar-refractivity contribution is 7.89. The summed E-state index contributed by atoms with van der Waals surface area (Å²) in [6.45, 7) is 7.07. The number of nitrogen functional groups attached to an aromatic ring is 1. The Morgan fingerprint density at radius 3 is 2.32 bits per heavy atom. The fraction of sp³-hybridized carbons (Fsp3) is 0.359. The molecule has 0 unspecified atom stereocenters. The van der Waals surface area contributed by atoms with Gasteiger partial charge in [-0.3, -0.25) is 18.9 Å². The maximum atomic E-state index is 14.2. The molecular formula is C39H48N6O7S. The van der Waals surface area contributed by atoms with E-state index in [2.05, 4.69) is 10.3 Å². The van der Waals surface area contributed by atoms with E-state index in [1.807, 2.05) is 50.2 Å². The molecule has 1 amide bonds. The highest BCUT2D eigenvalue weighted by Gasteiger charge is 2.34. The number of nitrogens with one attached hydrogen (secondary N) is 1. The van der Waals surface area contributed by atoms with E-state index in [-0.39, 0.29) is 42.7 Å². The first kappa shape index (κ1) is 39.0. The molecule has 0 spiro atoms. The van der Waals surface area contributed by atoms with Gasteiger partial charge in [-0.05, 0) is 72.4 Å². The SMILES string of the molecule is COc1ccc(S(=O)(=O)N(CC(C)C)C[C@@H](O)[C@H](Cc2ccccc2)NC(=O)[C@H](C(C)C)n2cc(O)n(Cc3ccc4cc(N)ccc4n3)c2=O)cc1. The van der Waals surface area contributed by atoms with Crippen LogP contribution in [-0.2, 0) is 27.8 Å². The number of carbonyl (C=O) groups excluding carboxylic acids is 1. The lowest BCUT2D eigenvalue weighted by Gasteiger charge is -2.32. The summed E-state index contributed by atoms with van der Waals surface area (Å²) in [6.07, 6.45) is 0.0580. The number of ether oxygens (including phenoxy) is 1. The van der Waals surface area contributed by atoms with Crippen molar-refractivity contribution < 1.29 is 28.2 Å². The number of hydrogen-bond donors (Lipinski definition) is 4. The zero-order chi connectivity index (χ0) is 38.4. The van der Waals surface area contributed by atoms with Crippen molar-refractivity contribution in [2.75, 3.05) is 25.9 Å². The number of benzene rings is 3. The van der Waals surface area contributed by atoms with Crippen molar-refractivity contribution in [1.29, 1.82) is 0 Å². The predicted octanol–water partition coefficient (Wildman–Crippen LogP) is 4.18. The minimum atomic E-state index is -4.05. The smallest absolute Gasteiger partial charge is 0.332 e. The highest BCUT2D eigenvalue weighted by Crippen LogP contribution is 2.24. The predicted molar refractivity (Wildman–Crippen MR) is 204 cm³/mol. The average Bonchev–Trinajstić information content (AvgIpc) is 3.38. The number of imidazole rings is 1. The van der Waals surface area contributed by atoms with Crippen molar-refractivity contribution in [3.8, 4) is 11.6 Å². The quantitative estimate of drug-likeness (QED) is 0.108. The number of anilines is 1. The number of amides is 1. The summed E-state index contributed by atoms with van der Waals surface area (Å²) in [6, 6.07) is 22.1. The number of carbonyl (C=O) groups is 1. The molecule has 0 saturated carbocycles. The number of fused-ring (bicyclic) bond motifs is 1. The van der Waals surface area contributed by atoms with Gasteiger partial charge in [-0.1, -0.05) is 64.1 Å². The van der Waals surface area contributed by atoms with Gasteiger partial charge in [-0.25, -0.2) is 13.2 Å². The van der Waals surface area contributed by atoms with Gasteiger partial charge in [0.1, 0.15) is 11.8 Å². The Bertz CT molecular complexity index is 2180. The van der Waals surface area contributed by atoms with Crippen LogP contribution in [0, 0.1) is 11.8 Å². The van der Waals surface area contributed by atoms with Crippen molar-refractivity contribution in [3.05, 3.63) is 113 Å². The van der Waals surface area contributed by atoms with E-state index in [0.717, 1.165) is 15.5 Å². The molecule has 3 aromatic carbocycles. The Labute approximate surface area is 309 Å². The van der Waals surface area contributed by atoms with Crippen LogP contribution in [-0.4, -0.2) is 75.3 Å². The van der Waals surface area contributed by atoms with Crippen molar-refractivity contribution in [2.45, 2.75) is 63.7 Å². The van der Waals surface area contributed by atoms with E-state index < -0.39 is 45.7 Å². The summed E-state index contributed by atoms with van der Waals surface area (Å²) in [5, 5.41) is 26.5. The number of nitrogens with zero attached hydrogens (tertiary/aromatic N) is 4. The lowest BCUT2D eigenvalue weighted by atomic mass is 9.98. The number of aromatic nitrogens is 3. The third-order valence-corrected chi connectivity index (χ3v) is 10.9. The minimum absolute atomic E-state index is 0.0435. The van der Waals surface area contributed by atoms with Crippen LogP contribution in [0.1, 0.15) is 45.0 Å². The van der Waals surface area contributed by atoms with Crippen LogP contribution in [0.2, 0.25) is 0 Å². The van der Waals surface area contributed by atoms with E-state index in [9.17, 15) is 28.2 Å². The van der Waals surface area contributed by atoms with Crippen molar-refractivity contribution in [2.24, 2.45) is 11.8 Å². The number of aromatic hydroxyl groups is 1. The Balaban J connectivity index is 1.43. The van der Waals surface area contributed by atoms with Gasteiger partial charge in [0.25, 0.3) is 0 Å². The number of nitrogens with two attached hydrogens (primary N) is 1. The molecule has 5 rings (SSSR count). The molecule has 5 aromatic rings. The third-order valence-electron chi connectivity index (χ3n) is 9.02. The van der Waals surface area contributed by atoms with Crippen LogP contribution in [0.3, 0.4) is 0 Å². The molecule has 5 N–H and O–H groups in total. The summed E-state index contributed by atoms with van der Waals surface area (Å²) >= 11 is 0. The number of aliphatic hydroxyl groups is 1. The lowest BCUT2D eigenvalue weighted by molar-refractivity contribution is -0.127. The van der Waals surface area contributed by atoms with Crippen LogP contribution < -0.4 is 21.5 Å². The van der Waals surface area contributed by atoms with Crippen molar-refractivity contribution in [1.82, 2.24) is 23.7 Å². The van der Waals surface area contributed by atoms with E-state index in [4.69, 9.17) is 10.5 Å². The molecule has 0 aliphatic heterocycles. The molecule has 2 heterocycles. The van der Waals surface area contributed by atoms with E-state index in [1.165, 1.54) is 34.3 Å². The van der Waals surface area contributed by atoms with Crippen molar-refractivity contribution in [3.63, 3.8) is 0 Å². The van der Waals surface area contributed by atoms with Crippen LogP contribution in [0.15, 0.2) is 101 Å². The molecule has 0 radical (unpaired) electrons. The molecule has 0 bridgehead atoms. The number of pyridine rings is 1. The van der Waals surface area contributed by atoms with Gasteiger partial charge in [0.2, 0.25) is 21.8 Å². The summed E-state index contributed by atoms with van der Waals surface area (Å²) in [5.74, 6) is -0.913. The molecule has 2 aromatic heterocycles. The minimum Gasteiger partial charge on any atom is -0.497 e. The second-order valence-electron chi connectivity index (χ2n) is 14.0. The molecule has 0 fully saturated rings. The maximum absolute atomic E-state index is 14.2. The van der Waals surface area contributed by atoms with Crippen molar-refractivity contribution >= 4 is 32.5 Å². The fourth-order valence-corrected chi connectivity index (χ4v) is 7.97. The highest BCUT2D eigenvalue weighted by atomic mass is 32.2. The van der Waals surface area contributed by atoms with E-state index in [0.29, 0.717) is 22.6 Å². The zero-order valence-electron chi connectivity index (χ0n) is 30.6. The first-order valence-corrected chi connectivity index (χ1v) is 18.9. The Morgan fingerprint density at radius 1 is 0.981 bits per heavy atom. The molecule has 3 atom stereocenters. The van der Waals surface area contributed by atoms with E-state index in [1.54, 1.807) is 50.2 Å². The zero-order valence-corrected chi connectivity index (χ0v) is 31.4. The van der Waals surface area contributed by atoms with Gasteiger partial charge < -0.3 is 26.0 Å². The summed E-state index contributed by atoms with van der Waals surface area (Å²) in [7, 11) is -2.56. The second-order valence-corrected chi connectivity index (χ2v) is 15.9.